The fourth-order valence-electron chi connectivity index (χ4n) is 2.31. The molecule has 1 amide bonds. The van der Waals surface area contributed by atoms with Crippen LogP contribution in [-0.2, 0) is 14.3 Å². The molecule has 0 spiro atoms. The van der Waals surface area contributed by atoms with Crippen LogP contribution in [0.15, 0.2) is 0 Å². The number of carboxylic acid groups (broad SMARTS) is 2. The van der Waals surface area contributed by atoms with Gasteiger partial charge in [-0.3, -0.25) is 9.69 Å². The van der Waals surface area contributed by atoms with Crippen molar-refractivity contribution in [2.75, 3.05) is 0 Å². The van der Waals surface area contributed by atoms with Crippen LogP contribution in [0, 0.1) is 0 Å². The lowest BCUT2D eigenvalue weighted by Crippen LogP contribution is -2.55. The number of piperidine rings is 1. The van der Waals surface area contributed by atoms with Gasteiger partial charge in [-0.2, -0.15) is 0 Å². The van der Waals surface area contributed by atoms with E-state index in [0.717, 1.165) is 4.90 Å². The van der Waals surface area contributed by atoms with Gasteiger partial charge in [0.1, 0.15) is 11.6 Å². The molecule has 7 nitrogen and oxygen atoms in total. The maximum atomic E-state index is 12.2. The molecule has 1 aliphatic rings. The number of amides is 1. The van der Waals surface area contributed by atoms with E-state index in [1.54, 1.807) is 20.8 Å². The summed E-state index contributed by atoms with van der Waals surface area (Å²) in [5.74, 6) is -2.19. The molecule has 0 aromatic rings. The average Bonchev–Trinajstić information content (AvgIpc) is 2.25. The Morgan fingerprint density at radius 2 is 1.80 bits per heavy atom. The van der Waals surface area contributed by atoms with E-state index in [4.69, 9.17) is 9.84 Å². The van der Waals surface area contributed by atoms with E-state index < -0.39 is 35.7 Å². The average molecular weight is 287 g/mol. The number of ether oxygens (including phenoxy) is 1. The first-order valence-electron chi connectivity index (χ1n) is 6.57. The summed E-state index contributed by atoms with van der Waals surface area (Å²) in [7, 11) is 0. The van der Waals surface area contributed by atoms with Gasteiger partial charge in [-0.05, 0) is 40.0 Å². The van der Waals surface area contributed by atoms with Gasteiger partial charge in [0.2, 0.25) is 0 Å². The zero-order chi connectivity index (χ0) is 15.5. The SMILES string of the molecule is CC(C)(C)OC(=O)N1[C@H](CC(=O)O)CCC[C@@H]1C(=O)O. The highest BCUT2D eigenvalue weighted by molar-refractivity contribution is 5.81. The maximum Gasteiger partial charge on any atom is 0.411 e. The van der Waals surface area contributed by atoms with E-state index in [9.17, 15) is 19.5 Å². The predicted octanol–water partition coefficient (Wildman–Crippen LogP) is 1.70. The van der Waals surface area contributed by atoms with Crippen molar-refractivity contribution in [2.45, 2.75) is 64.1 Å². The minimum atomic E-state index is -1.13. The molecule has 1 heterocycles. The number of aliphatic carboxylic acids is 2. The fraction of sp³-hybridized carbons (Fsp3) is 0.769. The molecule has 114 valence electrons. The zero-order valence-electron chi connectivity index (χ0n) is 12.0. The molecule has 2 atom stereocenters. The van der Waals surface area contributed by atoms with Gasteiger partial charge < -0.3 is 14.9 Å². The van der Waals surface area contributed by atoms with Gasteiger partial charge in [0.05, 0.1) is 6.42 Å². The van der Waals surface area contributed by atoms with E-state index in [2.05, 4.69) is 0 Å². The van der Waals surface area contributed by atoms with E-state index in [1.807, 2.05) is 0 Å². The summed E-state index contributed by atoms with van der Waals surface area (Å²) in [6.45, 7) is 5.03. The molecule has 0 bridgehead atoms. The maximum absolute atomic E-state index is 12.2. The van der Waals surface area contributed by atoms with Crippen LogP contribution in [0.5, 0.6) is 0 Å². The Hall–Kier alpha value is -1.79. The second-order valence-electron chi connectivity index (χ2n) is 5.92. The van der Waals surface area contributed by atoms with Crippen LogP contribution in [-0.4, -0.2) is 50.8 Å². The predicted molar refractivity (Wildman–Crippen MR) is 69.4 cm³/mol. The summed E-state index contributed by atoms with van der Waals surface area (Å²) in [6.07, 6.45) is 0.313. The lowest BCUT2D eigenvalue weighted by molar-refractivity contribution is -0.148. The first-order valence-corrected chi connectivity index (χ1v) is 6.57. The fourth-order valence-corrected chi connectivity index (χ4v) is 2.31. The van der Waals surface area contributed by atoms with Crippen LogP contribution in [0.4, 0.5) is 4.79 Å². The Bertz CT molecular complexity index is 400. The third-order valence-corrected chi connectivity index (χ3v) is 3.04. The molecule has 1 aliphatic heterocycles. The largest absolute Gasteiger partial charge is 0.481 e. The Balaban J connectivity index is 2.96. The summed E-state index contributed by atoms with van der Waals surface area (Å²) in [6, 6.07) is -1.67. The third-order valence-electron chi connectivity index (χ3n) is 3.04. The number of hydrogen-bond acceptors (Lipinski definition) is 4. The van der Waals surface area contributed by atoms with Crippen LogP contribution >= 0.6 is 0 Å². The lowest BCUT2D eigenvalue weighted by Gasteiger charge is -2.40. The quantitative estimate of drug-likeness (QED) is 0.818. The molecule has 0 aromatic carbocycles. The molecule has 0 radical (unpaired) electrons. The molecule has 1 rings (SSSR count). The van der Waals surface area contributed by atoms with E-state index in [-0.39, 0.29) is 6.42 Å². The Morgan fingerprint density at radius 1 is 1.20 bits per heavy atom. The van der Waals surface area contributed by atoms with Crippen molar-refractivity contribution in [2.24, 2.45) is 0 Å². The van der Waals surface area contributed by atoms with Crippen molar-refractivity contribution in [1.29, 1.82) is 0 Å². The van der Waals surface area contributed by atoms with E-state index in [0.29, 0.717) is 19.3 Å². The smallest absolute Gasteiger partial charge is 0.411 e. The second-order valence-corrected chi connectivity index (χ2v) is 5.92. The Morgan fingerprint density at radius 3 is 2.25 bits per heavy atom. The highest BCUT2D eigenvalue weighted by atomic mass is 16.6. The van der Waals surface area contributed by atoms with Crippen molar-refractivity contribution < 1.29 is 29.3 Å². The van der Waals surface area contributed by atoms with Gasteiger partial charge in [-0.1, -0.05) is 0 Å². The van der Waals surface area contributed by atoms with Crippen molar-refractivity contribution in [3.05, 3.63) is 0 Å². The minimum Gasteiger partial charge on any atom is -0.481 e. The first kappa shape index (κ1) is 16.3. The molecule has 0 saturated carbocycles. The van der Waals surface area contributed by atoms with Crippen molar-refractivity contribution in [3.8, 4) is 0 Å². The standard InChI is InChI=1S/C13H21NO6/c1-13(2,3)20-12(19)14-8(7-10(15)16)5-4-6-9(14)11(17)18/h8-9H,4-7H2,1-3H3,(H,15,16)(H,17,18)/t8-,9+/m0/s1. The monoisotopic (exact) mass is 287 g/mol. The number of carbonyl (C=O) groups excluding carboxylic acids is 1. The van der Waals surface area contributed by atoms with Gasteiger partial charge in [0, 0.05) is 6.04 Å². The molecule has 0 unspecified atom stereocenters. The van der Waals surface area contributed by atoms with E-state index >= 15 is 0 Å². The number of carbonyl (C=O) groups is 3. The Labute approximate surface area is 117 Å². The molecule has 0 aliphatic carbocycles. The zero-order valence-corrected chi connectivity index (χ0v) is 12.0. The first-order chi connectivity index (χ1) is 9.11. The van der Waals surface area contributed by atoms with Crippen LogP contribution in [0.1, 0.15) is 46.5 Å². The molecule has 20 heavy (non-hydrogen) atoms. The molecule has 1 saturated heterocycles. The topological polar surface area (TPSA) is 104 Å². The Kier molecular flexibility index (Phi) is 4.97. The van der Waals surface area contributed by atoms with Crippen LogP contribution < -0.4 is 0 Å². The van der Waals surface area contributed by atoms with E-state index in [1.165, 1.54) is 0 Å². The highest BCUT2D eigenvalue weighted by Crippen LogP contribution is 2.27. The van der Waals surface area contributed by atoms with Gasteiger partial charge in [-0.15, -0.1) is 0 Å². The van der Waals surface area contributed by atoms with Gasteiger partial charge in [-0.25, -0.2) is 9.59 Å². The number of nitrogens with zero attached hydrogens (tertiary/aromatic N) is 1. The van der Waals surface area contributed by atoms with Gasteiger partial charge >= 0.3 is 18.0 Å². The molecule has 0 aromatic heterocycles. The summed E-state index contributed by atoms with van der Waals surface area (Å²) in [5.41, 5.74) is -0.759. The molecule has 7 heteroatoms. The van der Waals surface area contributed by atoms with Crippen molar-refractivity contribution in [1.82, 2.24) is 4.90 Å². The number of carboxylic acids is 2. The second kappa shape index (κ2) is 6.11. The number of rotatable bonds is 3. The molecular formula is C13H21NO6. The normalized spacial score (nSPS) is 23.2. The molecular weight excluding hydrogens is 266 g/mol. The number of likely N-dealkylation sites (tertiary alicyclic amines) is 1. The summed E-state index contributed by atoms with van der Waals surface area (Å²) in [4.78, 5) is 35.4. The summed E-state index contributed by atoms with van der Waals surface area (Å²) in [5, 5.41) is 18.1. The van der Waals surface area contributed by atoms with Crippen LogP contribution in [0.25, 0.3) is 0 Å². The number of hydrogen-bond donors (Lipinski definition) is 2. The van der Waals surface area contributed by atoms with Crippen molar-refractivity contribution >= 4 is 18.0 Å². The summed E-state index contributed by atoms with van der Waals surface area (Å²) < 4.78 is 5.20. The molecule has 2 N–H and O–H groups in total. The van der Waals surface area contributed by atoms with Crippen LogP contribution in [0.3, 0.4) is 0 Å². The van der Waals surface area contributed by atoms with Crippen molar-refractivity contribution in [3.63, 3.8) is 0 Å². The van der Waals surface area contributed by atoms with Crippen LogP contribution in [0.2, 0.25) is 0 Å². The van der Waals surface area contributed by atoms with Gasteiger partial charge in [0.15, 0.2) is 0 Å². The third kappa shape index (κ3) is 4.40. The summed E-state index contributed by atoms with van der Waals surface area (Å²) >= 11 is 0. The highest BCUT2D eigenvalue weighted by Gasteiger charge is 2.41. The lowest BCUT2D eigenvalue weighted by atomic mass is 9.94. The van der Waals surface area contributed by atoms with Gasteiger partial charge in [0.25, 0.3) is 0 Å². The minimum absolute atomic E-state index is 0.275. The molecule has 1 fully saturated rings.